The predicted molar refractivity (Wildman–Crippen MR) is 552 cm³/mol. The highest BCUT2D eigenvalue weighted by Gasteiger charge is 2.31. The lowest BCUT2D eigenvalue weighted by Gasteiger charge is -2.37. The van der Waals surface area contributed by atoms with Crippen LogP contribution in [0.1, 0.15) is 587 Å². The molecule has 0 saturated heterocycles. The second-order valence-corrected chi connectivity index (χ2v) is 45.0. The number of rotatable bonds is 1. The van der Waals surface area contributed by atoms with Gasteiger partial charge in [-0.2, -0.15) is 0 Å². The van der Waals surface area contributed by atoms with Crippen molar-refractivity contribution in [3.63, 3.8) is 0 Å². The zero-order valence-corrected chi connectivity index (χ0v) is 86.7. The summed E-state index contributed by atoms with van der Waals surface area (Å²) in [5, 5.41) is 0. The highest BCUT2D eigenvalue weighted by atomic mass is 14.4. The molecule has 710 valence electrons. The fourth-order valence-electron chi connectivity index (χ4n) is 22.2. The van der Waals surface area contributed by atoms with Gasteiger partial charge in [0.05, 0.1) is 0 Å². The van der Waals surface area contributed by atoms with Crippen LogP contribution < -0.4 is 0 Å². The summed E-state index contributed by atoms with van der Waals surface area (Å²) in [6.45, 7) is 70.0. The fourth-order valence-corrected chi connectivity index (χ4v) is 22.2. The molecule has 0 bridgehead atoms. The molecule has 3 rings (SSSR count). The molecule has 0 spiro atoms. The van der Waals surface area contributed by atoms with Gasteiger partial charge in [-0.3, -0.25) is 0 Å². The molecule has 0 N–H and O–H groups in total. The lowest BCUT2D eigenvalue weighted by molar-refractivity contribution is 0.133. The summed E-state index contributed by atoms with van der Waals surface area (Å²) in [7, 11) is 0. The summed E-state index contributed by atoms with van der Waals surface area (Å²) < 4.78 is 0. The van der Waals surface area contributed by atoms with Gasteiger partial charge in [0.1, 0.15) is 0 Å². The van der Waals surface area contributed by atoms with Crippen LogP contribution in [0.2, 0.25) is 0 Å². The van der Waals surface area contributed by atoms with Crippen LogP contribution in [0.3, 0.4) is 0 Å². The SMILES string of the molecule is C=C.C=C1CCCCCCC(C)C(C)CCCCCCC(C)C(=C)CCCCCCC(C)C(C)CCCCCCC1C.C=C1CCCCCCC(C)C(C)CCCCCCC(C)C(C2CCCCCCC(C)C(C)CCCCCCC(C)C(=C)CCCCCCC(C)C(C)CCCCCCC2C)CCCCCCC(C)C(C)CCCCCCC1C. The second kappa shape index (κ2) is 78.7. The van der Waals surface area contributed by atoms with Crippen LogP contribution in [0.5, 0.6) is 0 Å². The van der Waals surface area contributed by atoms with E-state index in [1.165, 1.54) is 485 Å². The number of hydrogen-bond acceptors (Lipinski definition) is 0. The first-order chi connectivity index (χ1) is 57.8. The molecule has 0 nitrogen and oxygen atoms in total. The molecular weight excluding hydrogens is 1440 g/mol. The number of hydrogen-bond donors (Lipinski definition) is 0. The maximum Gasteiger partial charge on any atom is -0.0234 e. The van der Waals surface area contributed by atoms with Crippen LogP contribution in [0.4, 0.5) is 0 Å². The van der Waals surface area contributed by atoms with E-state index in [4.69, 9.17) is 0 Å². The van der Waals surface area contributed by atoms with E-state index in [0.29, 0.717) is 11.8 Å². The lowest BCUT2D eigenvalue weighted by atomic mass is 9.69. The molecule has 0 radical (unpaired) electrons. The van der Waals surface area contributed by atoms with E-state index in [1.54, 1.807) is 0 Å². The topological polar surface area (TPSA) is 0 Å². The summed E-state index contributed by atoms with van der Waals surface area (Å²) in [5.74, 6) is 17.0. The van der Waals surface area contributed by atoms with E-state index in [1.807, 2.05) is 0 Å². The molecular formula is C120H230. The fraction of sp³-hybridized carbons (Fsp3) is 0.917. The van der Waals surface area contributed by atoms with Gasteiger partial charge in [-0.05, 0) is 208 Å². The van der Waals surface area contributed by atoms with Crippen molar-refractivity contribution in [2.75, 3.05) is 0 Å². The third-order valence-corrected chi connectivity index (χ3v) is 34.5. The molecule has 0 amide bonds. The standard InChI is InChI=1S/C78H150.C40H76.C2H4/c1-63-47-31-15-17-35-51-67(5)71(9)55-39-23-25-43-59-75(13)77(61-45-29-27-41-57-73(11)69(7)53-37-21-19-33-49-65(63)3)78-62-46-30-28-42-58-74(12)70(8)54-38-22-20-34-50-66(4)64(2)48-32-16-18-36-52-68(6)72(10)56-40-24-26-44-60-76(78)14;1-33-25-17-9-10-19-27-35(3)37(5)29-21-13-14-23-31-39(7)40(8)32-24-16-15-22-30-38(6)36(4)28-20-12-11-18-26-34(33)2;1-2/h65-78H,1-2,15-62H2,3-14H3;34-39H,1,8-32H2,2-7H3;1-2H2. The maximum atomic E-state index is 4.56. The molecule has 20 unspecified atom stereocenters. The van der Waals surface area contributed by atoms with E-state index in [-0.39, 0.29) is 0 Å². The van der Waals surface area contributed by atoms with E-state index in [9.17, 15) is 0 Å². The third kappa shape index (κ3) is 62.0. The molecule has 3 aliphatic carbocycles. The monoisotopic (exact) mass is 1670 g/mol. The molecule has 0 aliphatic heterocycles. The van der Waals surface area contributed by atoms with Crippen molar-refractivity contribution in [2.45, 2.75) is 587 Å². The van der Waals surface area contributed by atoms with Crippen molar-refractivity contribution < 1.29 is 0 Å². The van der Waals surface area contributed by atoms with Crippen LogP contribution in [-0.4, -0.2) is 0 Å². The van der Waals surface area contributed by atoms with Gasteiger partial charge in [-0.1, -0.05) is 546 Å². The molecule has 3 aliphatic rings. The first-order valence-corrected chi connectivity index (χ1v) is 56.0. The predicted octanol–water partition coefficient (Wildman–Crippen LogP) is 42.8. The van der Waals surface area contributed by atoms with Crippen molar-refractivity contribution >= 4 is 0 Å². The molecule has 0 heteroatoms. The molecule has 0 aromatic rings. The van der Waals surface area contributed by atoms with Gasteiger partial charge in [0.25, 0.3) is 0 Å². The Morgan fingerprint density at radius 3 is 0.358 bits per heavy atom. The van der Waals surface area contributed by atoms with Crippen molar-refractivity contribution in [2.24, 2.45) is 118 Å². The highest BCUT2D eigenvalue weighted by Crippen LogP contribution is 2.42. The van der Waals surface area contributed by atoms with Gasteiger partial charge in [-0.15, -0.1) is 13.2 Å². The minimum absolute atomic E-state index is 0.710. The van der Waals surface area contributed by atoms with Crippen molar-refractivity contribution in [3.8, 4) is 0 Å². The molecule has 20 atom stereocenters. The Morgan fingerprint density at radius 1 is 0.125 bits per heavy atom. The van der Waals surface area contributed by atoms with E-state index >= 15 is 0 Å². The van der Waals surface area contributed by atoms with E-state index in [2.05, 4.69) is 164 Å². The van der Waals surface area contributed by atoms with Gasteiger partial charge in [0, 0.05) is 0 Å². The van der Waals surface area contributed by atoms with Gasteiger partial charge in [-0.25, -0.2) is 0 Å². The van der Waals surface area contributed by atoms with Crippen LogP contribution >= 0.6 is 0 Å². The summed E-state index contributed by atoms with van der Waals surface area (Å²) in [5.41, 5.74) is 6.12. The van der Waals surface area contributed by atoms with Gasteiger partial charge < -0.3 is 0 Å². The molecule has 3 saturated carbocycles. The third-order valence-electron chi connectivity index (χ3n) is 34.5. The first-order valence-electron chi connectivity index (χ1n) is 56.0. The minimum atomic E-state index is 0.710. The quantitative estimate of drug-likeness (QED) is 0.230. The summed E-state index contributed by atoms with van der Waals surface area (Å²) in [4.78, 5) is 0. The minimum Gasteiger partial charge on any atom is -0.106 e. The number of allylic oxidation sites excluding steroid dienone is 4. The summed E-state index contributed by atoms with van der Waals surface area (Å²) in [6, 6.07) is 0. The van der Waals surface area contributed by atoms with Crippen LogP contribution in [0.15, 0.2) is 61.8 Å². The van der Waals surface area contributed by atoms with Crippen LogP contribution in [-0.2, 0) is 0 Å². The summed E-state index contributed by atoms with van der Waals surface area (Å²) >= 11 is 0. The average molecular weight is 1670 g/mol. The zero-order valence-electron chi connectivity index (χ0n) is 86.7. The average Bonchev–Trinajstić information content (AvgIpc) is 0.857. The van der Waals surface area contributed by atoms with Gasteiger partial charge in [0.15, 0.2) is 0 Å². The lowest BCUT2D eigenvalue weighted by Crippen LogP contribution is -2.28. The highest BCUT2D eigenvalue weighted by molar-refractivity contribution is 5.01. The summed E-state index contributed by atoms with van der Waals surface area (Å²) in [6.07, 6.45) is 102. The first kappa shape index (κ1) is 117. The van der Waals surface area contributed by atoms with Crippen LogP contribution in [0, 0.1) is 118 Å². The Bertz CT molecular complexity index is 2120. The van der Waals surface area contributed by atoms with Crippen molar-refractivity contribution in [1.29, 1.82) is 0 Å². The Kier molecular flexibility index (Phi) is 76.6. The molecule has 0 aromatic carbocycles. The Morgan fingerprint density at radius 2 is 0.225 bits per heavy atom. The van der Waals surface area contributed by atoms with Gasteiger partial charge >= 0.3 is 0 Å². The Labute approximate surface area is 762 Å². The van der Waals surface area contributed by atoms with E-state index in [0.717, 1.165) is 107 Å². The molecule has 120 heavy (non-hydrogen) atoms. The second-order valence-electron chi connectivity index (χ2n) is 45.0. The maximum absolute atomic E-state index is 4.56. The molecule has 0 aromatic heterocycles. The van der Waals surface area contributed by atoms with Crippen LogP contribution in [0.25, 0.3) is 0 Å². The molecule has 3 fully saturated rings. The zero-order chi connectivity index (χ0) is 88.8. The largest absolute Gasteiger partial charge is 0.106 e. The van der Waals surface area contributed by atoms with Gasteiger partial charge in [0.2, 0.25) is 0 Å². The smallest absolute Gasteiger partial charge is 0.0234 e. The van der Waals surface area contributed by atoms with E-state index < -0.39 is 0 Å². The normalized spacial score (nSPS) is 34.1. The molecule has 0 heterocycles. The van der Waals surface area contributed by atoms with Crippen molar-refractivity contribution in [3.05, 3.63) is 61.8 Å². The van der Waals surface area contributed by atoms with Crippen molar-refractivity contribution in [1.82, 2.24) is 0 Å². The Hall–Kier alpha value is -1.30. The Balaban J connectivity index is 0.00000143.